The molecule has 0 aliphatic carbocycles. The molecule has 0 bridgehead atoms. The smallest absolute Gasteiger partial charge is 0.254 e. The molecule has 0 aromatic carbocycles. The third-order valence-corrected chi connectivity index (χ3v) is 3.67. The van der Waals surface area contributed by atoms with Gasteiger partial charge in [0.15, 0.2) is 0 Å². The van der Waals surface area contributed by atoms with Crippen LogP contribution in [0.15, 0.2) is 23.8 Å². The van der Waals surface area contributed by atoms with Crippen molar-refractivity contribution in [1.29, 1.82) is 0 Å². The van der Waals surface area contributed by atoms with E-state index in [0.717, 1.165) is 10.6 Å². The zero-order chi connectivity index (χ0) is 13.1. The molecule has 4 nitrogen and oxygen atoms in total. The predicted molar refractivity (Wildman–Crippen MR) is 71.9 cm³/mol. The molecule has 0 spiro atoms. The minimum absolute atomic E-state index is 0.0768. The highest BCUT2D eigenvalue weighted by atomic mass is 35.5. The number of hydrogen-bond donors (Lipinski definition) is 0. The average Bonchev–Trinajstić information content (AvgIpc) is 2.74. The molecule has 2 heterocycles. The molecule has 0 radical (unpaired) electrons. The topological polar surface area (TPSA) is 46.1 Å². The predicted octanol–water partition coefficient (Wildman–Crippen LogP) is 2.77. The van der Waals surface area contributed by atoms with E-state index in [2.05, 4.69) is 9.97 Å². The molecule has 0 saturated heterocycles. The molecule has 0 aliphatic rings. The van der Waals surface area contributed by atoms with Gasteiger partial charge >= 0.3 is 0 Å². The lowest BCUT2D eigenvalue weighted by molar-refractivity contribution is 0.0786. The van der Waals surface area contributed by atoms with Gasteiger partial charge in [-0.1, -0.05) is 11.6 Å². The molecule has 2 aromatic heterocycles. The van der Waals surface area contributed by atoms with Crippen molar-refractivity contribution in [2.24, 2.45) is 0 Å². The normalized spacial score (nSPS) is 10.4. The van der Waals surface area contributed by atoms with E-state index in [0.29, 0.717) is 17.3 Å². The van der Waals surface area contributed by atoms with Crippen molar-refractivity contribution < 1.29 is 4.79 Å². The van der Waals surface area contributed by atoms with Gasteiger partial charge in [0.25, 0.3) is 5.91 Å². The highest BCUT2D eigenvalue weighted by molar-refractivity contribution is 7.09. The maximum atomic E-state index is 12.2. The van der Waals surface area contributed by atoms with Gasteiger partial charge in [-0.3, -0.25) is 4.79 Å². The summed E-state index contributed by atoms with van der Waals surface area (Å²) in [5, 5.41) is 0.322. The number of pyridine rings is 1. The minimum atomic E-state index is -0.0768. The molecule has 0 aliphatic heterocycles. The van der Waals surface area contributed by atoms with Crippen LogP contribution in [-0.2, 0) is 6.54 Å². The van der Waals surface area contributed by atoms with E-state index in [9.17, 15) is 4.79 Å². The first-order chi connectivity index (χ1) is 8.58. The van der Waals surface area contributed by atoms with E-state index >= 15 is 0 Å². The van der Waals surface area contributed by atoms with Gasteiger partial charge in [-0.15, -0.1) is 11.3 Å². The Labute approximate surface area is 114 Å². The van der Waals surface area contributed by atoms with Gasteiger partial charge in [0.05, 0.1) is 17.7 Å². The first-order valence-electron chi connectivity index (χ1n) is 5.34. The third kappa shape index (κ3) is 2.86. The van der Waals surface area contributed by atoms with Crippen LogP contribution >= 0.6 is 22.9 Å². The van der Waals surface area contributed by atoms with Crippen molar-refractivity contribution >= 4 is 28.8 Å². The summed E-state index contributed by atoms with van der Waals surface area (Å²) in [7, 11) is 1.76. The molecule has 1 amide bonds. The zero-order valence-corrected chi connectivity index (χ0v) is 11.6. The monoisotopic (exact) mass is 281 g/mol. The van der Waals surface area contributed by atoms with Crippen molar-refractivity contribution in [2.75, 3.05) is 7.05 Å². The quantitative estimate of drug-likeness (QED) is 0.813. The van der Waals surface area contributed by atoms with Gasteiger partial charge in [0, 0.05) is 23.7 Å². The second kappa shape index (κ2) is 5.46. The Balaban J connectivity index is 2.12. The number of nitrogens with zero attached hydrogens (tertiary/aromatic N) is 3. The van der Waals surface area contributed by atoms with Crippen LogP contribution in [0.25, 0.3) is 0 Å². The minimum Gasteiger partial charge on any atom is -0.336 e. The molecule has 0 atom stereocenters. The highest BCUT2D eigenvalue weighted by Crippen LogP contribution is 2.16. The van der Waals surface area contributed by atoms with Gasteiger partial charge in [-0.05, 0) is 19.1 Å². The van der Waals surface area contributed by atoms with Gasteiger partial charge in [0.1, 0.15) is 5.15 Å². The van der Waals surface area contributed by atoms with E-state index in [-0.39, 0.29) is 5.91 Å². The SMILES string of the molecule is Cc1ncsc1CN(C)C(=O)c1ccnc(Cl)c1. The number of hydrogen-bond acceptors (Lipinski definition) is 4. The van der Waals surface area contributed by atoms with Crippen molar-refractivity contribution in [3.05, 3.63) is 45.1 Å². The Morgan fingerprint density at radius 3 is 2.89 bits per heavy atom. The van der Waals surface area contributed by atoms with Crippen molar-refractivity contribution in [1.82, 2.24) is 14.9 Å². The van der Waals surface area contributed by atoms with Crippen LogP contribution in [-0.4, -0.2) is 27.8 Å². The Bertz CT molecular complexity index is 570. The van der Waals surface area contributed by atoms with E-state index in [1.807, 2.05) is 6.92 Å². The van der Waals surface area contributed by atoms with Crippen molar-refractivity contribution in [3.63, 3.8) is 0 Å². The fourth-order valence-corrected chi connectivity index (χ4v) is 2.52. The number of aromatic nitrogens is 2. The molecular formula is C12H12ClN3OS. The summed E-state index contributed by atoms with van der Waals surface area (Å²) in [6, 6.07) is 3.23. The molecular weight excluding hydrogens is 270 g/mol. The molecule has 0 fully saturated rings. The third-order valence-electron chi connectivity index (χ3n) is 2.55. The number of amides is 1. The Kier molecular flexibility index (Phi) is 3.93. The van der Waals surface area contributed by atoms with Crippen LogP contribution in [0.4, 0.5) is 0 Å². The fraction of sp³-hybridized carbons (Fsp3) is 0.250. The number of thiazole rings is 1. The maximum Gasteiger partial charge on any atom is 0.254 e. The standard InChI is InChI=1S/C12H12ClN3OS/c1-8-10(18-7-15-8)6-16(2)12(17)9-3-4-14-11(13)5-9/h3-5,7H,6H2,1-2H3. The van der Waals surface area contributed by atoms with Crippen molar-refractivity contribution in [2.45, 2.75) is 13.5 Å². The molecule has 2 rings (SSSR count). The van der Waals surface area contributed by atoms with Crippen LogP contribution in [0.3, 0.4) is 0 Å². The summed E-state index contributed by atoms with van der Waals surface area (Å²) >= 11 is 7.32. The lowest BCUT2D eigenvalue weighted by atomic mass is 10.2. The number of halogens is 1. The highest BCUT2D eigenvalue weighted by Gasteiger charge is 2.14. The van der Waals surface area contributed by atoms with E-state index < -0.39 is 0 Å². The summed E-state index contributed by atoms with van der Waals surface area (Å²) in [4.78, 5) is 22.9. The van der Waals surface area contributed by atoms with Crippen LogP contribution < -0.4 is 0 Å². The average molecular weight is 282 g/mol. The lowest BCUT2D eigenvalue weighted by Gasteiger charge is -2.16. The first-order valence-corrected chi connectivity index (χ1v) is 6.59. The molecule has 2 aromatic rings. The number of carbonyl (C=O) groups excluding carboxylic acids is 1. The molecule has 94 valence electrons. The molecule has 0 saturated carbocycles. The van der Waals surface area contributed by atoms with Gasteiger partial charge in [-0.2, -0.15) is 0 Å². The first kappa shape index (κ1) is 13.0. The van der Waals surface area contributed by atoms with Crippen LogP contribution in [0.2, 0.25) is 5.15 Å². The summed E-state index contributed by atoms with van der Waals surface area (Å²) in [5.74, 6) is -0.0768. The number of carbonyl (C=O) groups is 1. The Morgan fingerprint density at radius 1 is 1.50 bits per heavy atom. The lowest BCUT2D eigenvalue weighted by Crippen LogP contribution is -2.26. The zero-order valence-electron chi connectivity index (χ0n) is 10.1. The summed E-state index contributed by atoms with van der Waals surface area (Å²) in [6.45, 7) is 2.49. The van der Waals surface area contributed by atoms with E-state index in [1.165, 1.54) is 6.20 Å². The Morgan fingerprint density at radius 2 is 2.28 bits per heavy atom. The molecule has 18 heavy (non-hydrogen) atoms. The Hall–Kier alpha value is -1.46. The summed E-state index contributed by atoms with van der Waals surface area (Å²) in [5.41, 5.74) is 3.29. The van der Waals surface area contributed by atoms with Crippen LogP contribution in [0.5, 0.6) is 0 Å². The van der Waals surface area contributed by atoms with Gasteiger partial charge in [-0.25, -0.2) is 9.97 Å². The largest absolute Gasteiger partial charge is 0.336 e. The van der Waals surface area contributed by atoms with Gasteiger partial charge in [0.2, 0.25) is 0 Å². The maximum absolute atomic E-state index is 12.2. The molecule has 0 unspecified atom stereocenters. The summed E-state index contributed by atoms with van der Waals surface area (Å²) < 4.78 is 0. The molecule has 6 heteroatoms. The number of rotatable bonds is 3. The van der Waals surface area contributed by atoms with Gasteiger partial charge < -0.3 is 4.90 Å². The molecule has 0 N–H and O–H groups in total. The van der Waals surface area contributed by atoms with Crippen LogP contribution in [0.1, 0.15) is 20.9 Å². The number of aryl methyl sites for hydroxylation is 1. The van der Waals surface area contributed by atoms with Crippen molar-refractivity contribution in [3.8, 4) is 0 Å². The second-order valence-electron chi connectivity index (χ2n) is 3.89. The fourth-order valence-electron chi connectivity index (χ4n) is 1.52. The van der Waals surface area contributed by atoms with E-state index in [1.54, 1.807) is 40.9 Å². The van der Waals surface area contributed by atoms with Crippen LogP contribution in [0, 0.1) is 6.92 Å². The summed E-state index contributed by atoms with van der Waals surface area (Å²) in [6.07, 6.45) is 1.53. The second-order valence-corrected chi connectivity index (χ2v) is 5.22. The van der Waals surface area contributed by atoms with E-state index in [4.69, 9.17) is 11.6 Å².